The molecule has 0 fully saturated rings. The lowest BCUT2D eigenvalue weighted by molar-refractivity contribution is -0.384. The van der Waals surface area contributed by atoms with Gasteiger partial charge in [0.05, 0.1) is 10.6 Å². The maximum Gasteiger partial charge on any atom is 0.297 e. The Morgan fingerprint density at radius 1 is 1.06 bits per heavy atom. The van der Waals surface area contributed by atoms with Crippen LogP contribution in [-0.4, -0.2) is 4.92 Å². The fourth-order valence-corrected chi connectivity index (χ4v) is 1.25. The Kier molecular flexibility index (Phi) is 3.20. The van der Waals surface area contributed by atoms with Gasteiger partial charge in [0.1, 0.15) is 0 Å². The first-order chi connectivity index (χ1) is 8.27. The molecule has 0 unspecified atom stereocenters. The second-order valence-electron chi connectivity index (χ2n) is 3.20. The zero-order valence-corrected chi connectivity index (χ0v) is 8.78. The minimum Gasteiger partial charge on any atom is -0.258 e. The van der Waals surface area contributed by atoms with Gasteiger partial charge in [0.25, 0.3) is 5.69 Å². The highest BCUT2D eigenvalue weighted by Gasteiger charge is 2.11. The van der Waals surface area contributed by atoms with Crippen LogP contribution in [0.1, 0.15) is 0 Å². The molecular formula is C12H8N3O2. The molecule has 0 aliphatic rings. The van der Waals surface area contributed by atoms with Crippen LogP contribution >= 0.6 is 0 Å². The fourth-order valence-electron chi connectivity index (χ4n) is 1.25. The quantitative estimate of drug-likeness (QED) is 0.453. The summed E-state index contributed by atoms with van der Waals surface area (Å²) < 4.78 is 0. The molecule has 0 spiro atoms. The van der Waals surface area contributed by atoms with Crippen molar-refractivity contribution in [1.29, 1.82) is 0 Å². The van der Waals surface area contributed by atoms with Crippen LogP contribution in [0, 0.1) is 16.2 Å². The lowest BCUT2D eigenvalue weighted by Crippen LogP contribution is -1.87. The maximum atomic E-state index is 10.7. The monoisotopic (exact) mass is 226 g/mol. The molecule has 5 heteroatoms. The Morgan fingerprint density at radius 3 is 2.53 bits per heavy atom. The summed E-state index contributed by atoms with van der Waals surface area (Å²) in [5, 5.41) is 18.5. The summed E-state index contributed by atoms with van der Waals surface area (Å²) in [6, 6.07) is 16.2. The van der Waals surface area contributed by atoms with Gasteiger partial charge in [-0.25, -0.2) is 0 Å². The largest absolute Gasteiger partial charge is 0.297 e. The molecule has 0 bridgehead atoms. The van der Waals surface area contributed by atoms with Crippen LogP contribution in [0.3, 0.4) is 0 Å². The number of nitrogens with zero attached hydrogens (tertiary/aromatic N) is 3. The smallest absolute Gasteiger partial charge is 0.258 e. The van der Waals surface area contributed by atoms with E-state index in [0.717, 1.165) is 0 Å². The predicted octanol–water partition coefficient (Wildman–Crippen LogP) is 3.81. The first-order valence-corrected chi connectivity index (χ1v) is 4.89. The third kappa shape index (κ3) is 2.72. The Labute approximate surface area is 97.6 Å². The molecule has 0 aliphatic heterocycles. The Bertz CT molecular complexity index is 553. The number of nitro groups is 1. The Hall–Kier alpha value is -2.56. The minimum atomic E-state index is -0.504. The van der Waals surface area contributed by atoms with Gasteiger partial charge in [0, 0.05) is 12.1 Å². The van der Waals surface area contributed by atoms with Gasteiger partial charge in [-0.3, -0.25) is 10.1 Å². The summed E-state index contributed by atoms with van der Waals surface area (Å²) in [6.07, 6.45) is 0. The van der Waals surface area contributed by atoms with E-state index in [1.165, 1.54) is 6.07 Å². The van der Waals surface area contributed by atoms with Crippen LogP contribution in [0.5, 0.6) is 0 Å². The predicted molar refractivity (Wildman–Crippen MR) is 62.6 cm³/mol. The number of azo groups is 1. The highest BCUT2D eigenvalue weighted by molar-refractivity contribution is 5.55. The normalized spacial score (nSPS) is 10.6. The maximum absolute atomic E-state index is 10.7. The molecular weight excluding hydrogens is 218 g/mol. The number of nitro benzene ring substituents is 1. The molecule has 2 aromatic rings. The van der Waals surface area contributed by atoms with Gasteiger partial charge in [-0.15, -0.1) is 5.11 Å². The summed E-state index contributed by atoms with van der Waals surface area (Å²) in [7, 11) is 0. The van der Waals surface area contributed by atoms with Crippen LogP contribution in [0.4, 0.5) is 17.1 Å². The van der Waals surface area contributed by atoms with E-state index < -0.39 is 4.92 Å². The summed E-state index contributed by atoms with van der Waals surface area (Å²) in [6.45, 7) is 0. The molecule has 2 aromatic carbocycles. The number of benzene rings is 2. The van der Waals surface area contributed by atoms with E-state index >= 15 is 0 Å². The molecule has 5 nitrogen and oxygen atoms in total. The number of hydrogen-bond acceptors (Lipinski definition) is 4. The van der Waals surface area contributed by atoms with Crippen molar-refractivity contribution in [3.8, 4) is 0 Å². The molecule has 17 heavy (non-hydrogen) atoms. The van der Waals surface area contributed by atoms with E-state index in [-0.39, 0.29) is 11.4 Å². The lowest BCUT2D eigenvalue weighted by atomic mass is 10.3. The SMILES string of the molecule is O=[N+]([O-])c1ccc[c]c1N=Nc1ccccc1. The molecule has 0 saturated carbocycles. The highest BCUT2D eigenvalue weighted by atomic mass is 16.6. The first-order valence-electron chi connectivity index (χ1n) is 4.89. The molecule has 0 aromatic heterocycles. The van der Waals surface area contributed by atoms with Crippen molar-refractivity contribution < 1.29 is 4.92 Å². The summed E-state index contributed by atoms with van der Waals surface area (Å²) in [5.74, 6) is 0. The van der Waals surface area contributed by atoms with Crippen molar-refractivity contribution in [3.63, 3.8) is 0 Å². The van der Waals surface area contributed by atoms with E-state index in [1.54, 1.807) is 24.3 Å². The van der Waals surface area contributed by atoms with E-state index in [4.69, 9.17) is 0 Å². The number of rotatable bonds is 3. The summed E-state index contributed by atoms with van der Waals surface area (Å²) in [5.41, 5.74) is 0.660. The van der Waals surface area contributed by atoms with Crippen molar-refractivity contribution in [2.45, 2.75) is 0 Å². The Morgan fingerprint density at radius 2 is 1.82 bits per heavy atom. The van der Waals surface area contributed by atoms with E-state index in [9.17, 15) is 10.1 Å². The zero-order chi connectivity index (χ0) is 12.1. The molecule has 1 radical (unpaired) electrons. The van der Waals surface area contributed by atoms with Crippen LogP contribution in [-0.2, 0) is 0 Å². The van der Waals surface area contributed by atoms with Gasteiger partial charge < -0.3 is 0 Å². The van der Waals surface area contributed by atoms with Crippen molar-refractivity contribution in [2.24, 2.45) is 10.2 Å². The summed E-state index contributed by atoms with van der Waals surface area (Å²) >= 11 is 0. The molecule has 0 saturated heterocycles. The Balaban J connectivity index is 2.30. The van der Waals surface area contributed by atoms with Gasteiger partial charge in [0.2, 0.25) is 0 Å². The van der Waals surface area contributed by atoms with Crippen molar-refractivity contribution in [2.75, 3.05) is 0 Å². The first kappa shape index (κ1) is 10.9. The van der Waals surface area contributed by atoms with Gasteiger partial charge in [0.15, 0.2) is 5.69 Å². The van der Waals surface area contributed by atoms with Crippen molar-refractivity contribution in [3.05, 3.63) is 64.7 Å². The fraction of sp³-hybridized carbons (Fsp3) is 0. The topological polar surface area (TPSA) is 67.9 Å². The third-order valence-electron chi connectivity index (χ3n) is 2.03. The average molecular weight is 226 g/mol. The van der Waals surface area contributed by atoms with Crippen molar-refractivity contribution >= 4 is 17.1 Å². The van der Waals surface area contributed by atoms with Crippen LogP contribution in [0.25, 0.3) is 0 Å². The van der Waals surface area contributed by atoms with Crippen LogP contribution < -0.4 is 0 Å². The van der Waals surface area contributed by atoms with E-state index in [0.29, 0.717) is 5.69 Å². The second-order valence-corrected chi connectivity index (χ2v) is 3.20. The standard InChI is InChI=1S/C12H8N3O2/c16-15(17)12-9-5-4-8-11(12)14-13-10-6-2-1-3-7-10/h1-7,9H. The molecule has 83 valence electrons. The molecule has 0 heterocycles. The minimum absolute atomic E-state index is 0.104. The van der Waals surface area contributed by atoms with Crippen molar-refractivity contribution in [1.82, 2.24) is 0 Å². The van der Waals surface area contributed by atoms with Gasteiger partial charge in [-0.05, 0) is 12.1 Å². The van der Waals surface area contributed by atoms with Gasteiger partial charge in [-0.1, -0.05) is 30.3 Å². The number of hydrogen-bond donors (Lipinski definition) is 0. The average Bonchev–Trinajstić information content (AvgIpc) is 2.38. The zero-order valence-electron chi connectivity index (χ0n) is 8.78. The second kappa shape index (κ2) is 4.98. The van der Waals surface area contributed by atoms with Gasteiger partial charge >= 0.3 is 0 Å². The molecule has 0 atom stereocenters. The van der Waals surface area contributed by atoms with E-state index in [2.05, 4.69) is 16.3 Å². The third-order valence-corrected chi connectivity index (χ3v) is 2.03. The molecule has 0 aliphatic carbocycles. The van der Waals surface area contributed by atoms with Gasteiger partial charge in [-0.2, -0.15) is 5.11 Å². The molecule has 2 rings (SSSR count). The van der Waals surface area contributed by atoms with E-state index in [1.807, 2.05) is 18.2 Å². The summed E-state index contributed by atoms with van der Waals surface area (Å²) in [4.78, 5) is 10.2. The van der Waals surface area contributed by atoms with Crippen LogP contribution in [0.2, 0.25) is 0 Å². The molecule has 0 amide bonds. The van der Waals surface area contributed by atoms with Crippen LogP contribution in [0.15, 0.2) is 58.8 Å². The highest BCUT2D eigenvalue weighted by Crippen LogP contribution is 2.27. The lowest BCUT2D eigenvalue weighted by Gasteiger charge is -1.94. The molecule has 0 N–H and O–H groups in total.